The van der Waals surface area contributed by atoms with Crippen molar-refractivity contribution < 1.29 is 18.9 Å². The van der Waals surface area contributed by atoms with Gasteiger partial charge in [0.05, 0.1) is 22.6 Å². The van der Waals surface area contributed by atoms with E-state index in [1.54, 1.807) is 0 Å². The molecule has 0 atom stereocenters. The van der Waals surface area contributed by atoms with E-state index in [0.29, 0.717) is 68.4 Å². The van der Waals surface area contributed by atoms with Crippen molar-refractivity contribution in [2.24, 2.45) is 0 Å². The maximum absolute atomic E-state index is 6.83. The summed E-state index contributed by atoms with van der Waals surface area (Å²) in [6, 6.07) is 48.2. The van der Waals surface area contributed by atoms with Gasteiger partial charge in [-0.15, -0.1) is 0 Å². The number of hydrogen-bond donors (Lipinski definition) is 2. The lowest BCUT2D eigenvalue weighted by Gasteiger charge is -2.13. The molecule has 8 bridgehead atoms. The van der Waals surface area contributed by atoms with Crippen molar-refractivity contribution in [1.82, 2.24) is 19.9 Å². The van der Waals surface area contributed by atoms with Crippen molar-refractivity contribution in [1.29, 1.82) is 0 Å². The normalized spacial score (nSPS) is 11.9. The Kier molecular flexibility index (Phi) is 7.99. The van der Waals surface area contributed by atoms with Crippen molar-refractivity contribution >= 4 is 46.1 Å². The first-order valence-electron chi connectivity index (χ1n) is 16.8. The Morgan fingerprint density at radius 1 is 0.404 bits per heavy atom. The topological polar surface area (TPSA) is 94.3 Å². The van der Waals surface area contributed by atoms with Gasteiger partial charge in [-0.1, -0.05) is 72.8 Å². The van der Waals surface area contributed by atoms with Crippen LogP contribution in [-0.4, -0.2) is 19.9 Å². The predicted octanol–water partition coefficient (Wildman–Crippen LogP) is 11.4. The summed E-state index contributed by atoms with van der Waals surface area (Å²) in [6.45, 7) is 0. The molecular weight excluding hydrogens is 649 g/mol. The van der Waals surface area contributed by atoms with E-state index in [9.17, 15) is 0 Å². The molecule has 2 aliphatic rings. The first kappa shape index (κ1) is 30.7. The standard InChI is InChI=1S/C44H30N4O4/c1-5-13-34(14-6-1)49-39-28-33-26-31-22-21-29(45-31)25-30-23-24-32(46-30)27-38-42(50-35-15-7-2-8-16-35)44(52-37-19-11-4-12-20-37)41(48-38)43(40(39)47-33)51-36-17-9-3-10-18-36/h1-28,45,48H. The van der Waals surface area contributed by atoms with Crippen molar-refractivity contribution in [2.45, 2.75) is 0 Å². The SMILES string of the molecule is C1=Cc2cc3[nH]c(c(Oc4ccccc4)c4nc(cc5ccc(cc1n2)[nH]5)C=C4Oc1ccccc1)c(Oc1ccccc1)c3Oc1ccccc1. The molecule has 3 aromatic heterocycles. The molecule has 2 N–H and O–H groups in total. The van der Waals surface area contributed by atoms with Crippen LogP contribution in [0.25, 0.3) is 46.1 Å². The van der Waals surface area contributed by atoms with E-state index in [0.717, 1.165) is 22.4 Å². The summed E-state index contributed by atoms with van der Waals surface area (Å²) in [5.74, 6) is 4.16. The number of nitrogens with one attached hydrogen (secondary N) is 2. The van der Waals surface area contributed by atoms with E-state index >= 15 is 0 Å². The van der Waals surface area contributed by atoms with E-state index in [-0.39, 0.29) is 0 Å². The first-order valence-corrected chi connectivity index (χ1v) is 16.8. The second-order valence-electron chi connectivity index (χ2n) is 12.1. The molecule has 9 rings (SSSR count). The molecule has 0 saturated carbocycles. The molecule has 0 spiro atoms. The van der Waals surface area contributed by atoms with E-state index in [1.807, 2.05) is 170 Å². The molecule has 4 aromatic carbocycles. The van der Waals surface area contributed by atoms with Crippen molar-refractivity contribution in [3.05, 3.63) is 174 Å². The number of fused-ring (bicyclic) bond motifs is 8. The van der Waals surface area contributed by atoms with Gasteiger partial charge in [0.2, 0.25) is 0 Å². The molecule has 7 aromatic rings. The quantitative estimate of drug-likeness (QED) is 0.166. The molecule has 52 heavy (non-hydrogen) atoms. The average molecular weight is 679 g/mol. The van der Waals surface area contributed by atoms with Gasteiger partial charge in [-0.25, -0.2) is 9.97 Å². The number of rotatable bonds is 8. The number of para-hydroxylation sites is 4. The number of H-pyrrole nitrogens is 2. The minimum absolute atomic E-state index is 0.365. The van der Waals surface area contributed by atoms with E-state index in [2.05, 4.69) is 9.97 Å². The molecule has 0 fully saturated rings. The summed E-state index contributed by atoms with van der Waals surface area (Å²) in [6.07, 6.45) is 5.84. The molecule has 2 aliphatic heterocycles. The van der Waals surface area contributed by atoms with Gasteiger partial charge in [-0.3, -0.25) is 0 Å². The van der Waals surface area contributed by atoms with Crippen LogP contribution in [0.15, 0.2) is 152 Å². The molecule has 0 unspecified atom stereocenters. The second-order valence-corrected chi connectivity index (χ2v) is 12.1. The van der Waals surface area contributed by atoms with E-state index in [1.165, 1.54) is 0 Å². The molecule has 0 radical (unpaired) electrons. The monoisotopic (exact) mass is 678 g/mol. The molecule has 0 saturated heterocycles. The molecule has 8 nitrogen and oxygen atoms in total. The Bertz CT molecular complexity index is 2610. The third kappa shape index (κ3) is 6.51. The lowest BCUT2D eigenvalue weighted by Crippen LogP contribution is -1.98. The van der Waals surface area contributed by atoms with Crippen LogP contribution in [0.4, 0.5) is 0 Å². The Labute approximate surface area is 298 Å². The van der Waals surface area contributed by atoms with Gasteiger partial charge in [-0.05, 0) is 91.0 Å². The molecule has 0 aliphatic carbocycles. The summed E-state index contributed by atoms with van der Waals surface area (Å²) < 4.78 is 26.8. The van der Waals surface area contributed by atoms with Gasteiger partial charge in [0.15, 0.2) is 28.7 Å². The minimum atomic E-state index is 0.365. The number of hydrogen-bond acceptors (Lipinski definition) is 6. The highest BCUT2D eigenvalue weighted by atomic mass is 16.5. The second kappa shape index (κ2) is 13.5. The van der Waals surface area contributed by atoms with E-state index < -0.39 is 0 Å². The molecular formula is C44H30N4O4. The Morgan fingerprint density at radius 2 is 0.885 bits per heavy atom. The lowest BCUT2D eigenvalue weighted by molar-refractivity contribution is 0.425. The van der Waals surface area contributed by atoms with Crippen LogP contribution in [-0.2, 0) is 0 Å². The summed E-state index contributed by atoms with van der Waals surface area (Å²) in [5.41, 5.74) is 5.51. The minimum Gasteiger partial charge on any atom is -0.455 e. The van der Waals surface area contributed by atoms with Crippen molar-refractivity contribution in [2.75, 3.05) is 0 Å². The largest absolute Gasteiger partial charge is 0.455 e. The average Bonchev–Trinajstić information content (AvgIpc) is 3.98. The van der Waals surface area contributed by atoms with Crippen LogP contribution >= 0.6 is 0 Å². The van der Waals surface area contributed by atoms with Crippen LogP contribution in [0, 0.1) is 0 Å². The molecule has 250 valence electrons. The smallest absolute Gasteiger partial charge is 0.199 e. The van der Waals surface area contributed by atoms with Crippen LogP contribution < -0.4 is 18.9 Å². The summed E-state index contributed by atoms with van der Waals surface area (Å²) in [4.78, 5) is 17.1. The van der Waals surface area contributed by atoms with Gasteiger partial charge < -0.3 is 28.9 Å². The number of aromatic amines is 2. The van der Waals surface area contributed by atoms with Gasteiger partial charge in [0.25, 0.3) is 0 Å². The van der Waals surface area contributed by atoms with Crippen molar-refractivity contribution in [3.63, 3.8) is 0 Å². The third-order valence-electron chi connectivity index (χ3n) is 8.31. The first-order chi connectivity index (χ1) is 25.7. The van der Waals surface area contributed by atoms with Gasteiger partial charge in [0.1, 0.15) is 28.5 Å². The molecule has 5 heterocycles. The summed E-state index contributed by atoms with van der Waals surface area (Å²) in [5, 5.41) is 0. The summed E-state index contributed by atoms with van der Waals surface area (Å²) >= 11 is 0. The fourth-order valence-electron chi connectivity index (χ4n) is 5.95. The fraction of sp³-hybridized carbons (Fsp3) is 0. The third-order valence-corrected chi connectivity index (χ3v) is 8.31. The highest BCUT2D eigenvalue weighted by Gasteiger charge is 2.27. The zero-order chi connectivity index (χ0) is 34.7. The Hall–Kier alpha value is -7.32. The molecule has 8 heteroatoms. The lowest BCUT2D eigenvalue weighted by atomic mass is 10.2. The van der Waals surface area contributed by atoms with Gasteiger partial charge in [-0.2, -0.15) is 0 Å². The van der Waals surface area contributed by atoms with E-state index in [4.69, 9.17) is 28.9 Å². The zero-order valence-corrected chi connectivity index (χ0v) is 27.7. The van der Waals surface area contributed by atoms with Crippen LogP contribution in [0.1, 0.15) is 22.8 Å². The summed E-state index contributed by atoms with van der Waals surface area (Å²) in [7, 11) is 0. The van der Waals surface area contributed by atoms with Crippen LogP contribution in [0.5, 0.6) is 40.2 Å². The predicted molar refractivity (Wildman–Crippen MR) is 204 cm³/mol. The number of nitrogens with zero attached hydrogens (tertiary/aromatic N) is 2. The maximum Gasteiger partial charge on any atom is 0.199 e. The number of aromatic nitrogens is 4. The highest BCUT2D eigenvalue weighted by molar-refractivity contribution is 5.92. The van der Waals surface area contributed by atoms with Gasteiger partial charge in [0, 0.05) is 17.1 Å². The fourth-order valence-corrected chi connectivity index (χ4v) is 5.95. The van der Waals surface area contributed by atoms with Gasteiger partial charge >= 0.3 is 0 Å². The Morgan fingerprint density at radius 3 is 1.46 bits per heavy atom. The van der Waals surface area contributed by atoms with Crippen LogP contribution in [0.3, 0.4) is 0 Å². The Balaban J connectivity index is 1.41. The van der Waals surface area contributed by atoms with Crippen molar-refractivity contribution in [3.8, 4) is 40.2 Å². The maximum atomic E-state index is 6.83. The number of ether oxygens (including phenoxy) is 4. The molecule has 0 amide bonds. The zero-order valence-electron chi connectivity index (χ0n) is 27.7. The van der Waals surface area contributed by atoms with Crippen LogP contribution in [0.2, 0.25) is 0 Å². The number of benzene rings is 4. The highest BCUT2D eigenvalue weighted by Crippen LogP contribution is 2.48.